The van der Waals surface area contributed by atoms with E-state index in [-0.39, 0.29) is 0 Å². The number of unbranched alkanes of at least 4 members (excludes halogenated alkanes) is 9. The summed E-state index contributed by atoms with van der Waals surface area (Å²) >= 11 is 0. The number of carboxylic acid groups (broad SMARTS) is 1. The third-order valence-electron chi connectivity index (χ3n) is 3.65. The van der Waals surface area contributed by atoms with E-state index >= 15 is 0 Å². The van der Waals surface area contributed by atoms with Gasteiger partial charge in [0, 0.05) is 6.42 Å². The van der Waals surface area contributed by atoms with Gasteiger partial charge in [-0.2, -0.15) is 0 Å². The van der Waals surface area contributed by atoms with Gasteiger partial charge in [-0.25, -0.2) is 0 Å². The molecule has 0 fully saturated rings. The highest BCUT2D eigenvalue weighted by Crippen LogP contribution is 2.07. The van der Waals surface area contributed by atoms with E-state index in [4.69, 9.17) is 5.11 Å². The highest BCUT2D eigenvalue weighted by molar-refractivity contribution is 5.66. The molecule has 1 N–H and O–H groups in total. The Bertz CT molecular complexity index is 316. The minimum atomic E-state index is -0.677. The summed E-state index contributed by atoms with van der Waals surface area (Å²) < 4.78 is 0. The van der Waals surface area contributed by atoms with Crippen LogP contribution < -0.4 is 0 Å². The number of hydrogen-bond donors (Lipinski definition) is 1. The third-order valence-corrected chi connectivity index (χ3v) is 3.65. The molecule has 0 aromatic heterocycles. The number of carbonyl (C=O) groups is 1. The first kappa shape index (κ1) is 20.7. The van der Waals surface area contributed by atoms with Crippen LogP contribution in [0.25, 0.3) is 0 Å². The fraction of sp³-hybridized carbons (Fsp3) is 0.650. The van der Waals surface area contributed by atoms with E-state index in [0.717, 1.165) is 38.5 Å². The highest BCUT2D eigenvalue weighted by atomic mass is 16.4. The van der Waals surface area contributed by atoms with Crippen molar-refractivity contribution in [2.75, 3.05) is 0 Å². The van der Waals surface area contributed by atoms with Crippen molar-refractivity contribution < 1.29 is 9.90 Å². The quantitative estimate of drug-likeness (QED) is 0.263. The molecule has 0 aliphatic carbocycles. The SMILES string of the molecule is C=CCCCCCCC=CCC=CCCCCCCC(=O)O. The molecular weight excluding hydrogens is 272 g/mol. The number of aliphatic carboxylic acids is 1. The van der Waals surface area contributed by atoms with Gasteiger partial charge in [-0.1, -0.05) is 56.1 Å². The molecule has 0 saturated carbocycles. The third kappa shape index (κ3) is 18.7. The molecule has 0 bridgehead atoms. The van der Waals surface area contributed by atoms with E-state index in [2.05, 4.69) is 30.9 Å². The smallest absolute Gasteiger partial charge is 0.303 e. The Labute approximate surface area is 137 Å². The van der Waals surface area contributed by atoms with Crippen molar-refractivity contribution in [3.05, 3.63) is 37.0 Å². The van der Waals surface area contributed by atoms with Gasteiger partial charge in [-0.3, -0.25) is 4.79 Å². The second kappa shape index (κ2) is 17.7. The number of carboxylic acids is 1. The lowest BCUT2D eigenvalue weighted by atomic mass is 10.1. The van der Waals surface area contributed by atoms with Crippen LogP contribution in [-0.4, -0.2) is 11.1 Å². The molecule has 0 saturated heterocycles. The van der Waals surface area contributed by atoms with Crippen LogP contribution >= 0.6 is 0 Å². The van der Waals surface area contributed by atoms with E-state index in [9.17, 15) is 4.79 Å². The number of hydrogen-bond acceptors (Lipinski definition) is 1. The fourth-order valence-electron chi connectivity index (χ4n) is 2.30. The Kier molecular flexibility index (Phi) is 16.7. The summed E-state index contributed by atoms with van der Waals surface area (Å²) in [4.78, 5) is 10.3. The summed E-state index contributed by atoms with van der Waals surface area (Å²) in [6.45, 7) is 3.74. The van der Waals surface area contributed by atoms with Gasteiger partial charge in [0.15, 0.2) is 0 Å². The second-order valence-corrected chi connectivity index (χ2v) is 5.81. The minimum absolute atomic E-state index is 0.314. The van der Waals surface area contributed by atoms with Crippen LogP contribution in [0.4, 0.5) is 0 Å². The van der Waals surface area contributed by atoms with Crippen molar-refractivity contribution in [3.8, 4) is 0 Å². The van der Waals surface area contributed by atoms with Crippen LogP contribution in [-0.2, 0) is 4.79 Å². The maximum Gasteiger partial charge on any atom is 0.303 e. The molecule has 0 rings (SSSR count). The van der Waals surface area contributed by atoms with Crippen molar-refractivity contribution in [1.82, 2.24) is 0 Å². The molecule has 126 valence electrons. The molecule has 2 heteroatoms. The number of rotatable bonds is 16. The predicted molar refractivity (Wildman–Crippen MR) is 96.1 cm³/mol. The van der Waals surface area contributed by atoms with Gasteiger partial charge < -0.3 is 5.11 Å². The summed E-state index contributed by atoms with van der Waals surface area (Å²) in [6.07, 6.45) is 25.3. The normalized spacial score (nSPS) is 11.5. The highest BCUT2D eigenvalue weighted by Gasteiger charge is 1.95. The lowest BCUT2D eigenvalue weighted by Gasteiger charge is -1.97. The van der Waals surface area contributed by atoms with E-state index in [0.29, 0.717) is 6.42 Å². The largest absolute Gasteiger partial charge is 0.481 e. The predicted octanol–water partition coefficient (Wildman–Crippen LogP) is 6.44. The van der Waals surface area contributed by atoms with Crippen molar-refractivity contribution >= 4 is 5.97 Å². The van der Waals surface area contributed by atoms with Gasteiger partial charge in [0.25, 0.3) is 0 Å². The Morgan fingerprint density at radius 2 is 1.23 bits per heavy atom. The van der Waals surface area contributed by atoms with Gasteiger partial charge in [0.05, 0.1) is 0 Å². The number of allylic oxidation sites excluding steroid dienone is 5. The first-order valence-corrected chi connectivity index (χ1v) is 8.90. The summed E-state index contributed by atoms with van der Waals surface area (Å²) in [5, 5.41) is 8.52. The van der Waals surface area contributed by atoms with Gasteiger partial charge >= 0.3 is 5.97 Å². The monoisotopic (exact) mass is 306 g/mol. The molecule has 0 amide bonds. The van der Waals surface area contributed by atoms with Crippen molar-refractivity contribution in [2.24, 2.45) is 0 Å². The zero-order valence-electron chi connectivity index (χ0n) is 14.1. The molecule has 0 aliphatic rings. The summed E-state index contributed by atoms with van der Waals surface area (Å²) in [7, 11) is 0. The Hall–Kier alpha value is -1.31. The lowest BCUT2D eigenvalue weighted by molar-refractivity contribution is -0.137. The molecule has 0 spiro atoms. The van der Waals surface area contributed by atoms with Gasteiger partial charge in [0.2, 0.25) is 0 Å². The van der Waals surface area contributed by atoms with Gasteiger partial charge in [0.1, 0.15) is 0 Å². The Morgan fingerprint density at radius 1 is 0.727 bits per heavy atom. The molecule has 0 aromatic carbocycles. The summed E-state index contributed by atoms with van der Waals surface area (Å²) in [5.74, 6) is -0.677. The molecular formula is C20H34O2. The molecule has 0 unspecified atom stereocenters. The van der Waals surface area contributed by atoms with Crippen molar-refractivity contribution in [3.63, 3.8) is 0 Å². The molecule has 2 nitrogen and oxygen atoms in total. The van der Waals surface area contributed by atoms with Crippen LogP contribution in [0.5, 0.6) is 0 Å². The van der Waals surface area contributed by atoms with Gasteiger partial charge in [-0.05, 0) is 51.4 Å². The van der Waals surface area contributed by atoms with Crippen molar-refractivity contribution in [2.45, 2.75) is 83.5 Å². The Balaban J connectivity index is 3.20. The minimum Gasteiger partial charge on any atom is -0.481 e. The molecule has 0 atom stereocenters. The lowest BCUT2D eigenvalue weighted by Crippen LogP contribution is -1.93. The fourth-order valence-corrected chi connectivity index (χ4v) is 2.30. The van der Waals surface area contributed by atoms with E-state index < -0.39 is 5.97 Å². The van der Waals surface area contributed by atoms with Crippen LogP contribution in [0.3, 0.4) is 0 Å². The van der Waals surface area contributed by atoms with Gasteiger partial charge in [-0.15, -0.1) is 6.58 Å². The standard InChI is InChI=1S/C20H34O2/c1-2-3-4-5-6-7-8-9-10-11-12-13-14-15-16-17-18-19-20(21)22/h2,9-10,12-13H,1,3-8,11,14-19H2,(H,21,22). The first-order valence-electron chi connectivity index (χ1n) is 8.90. The maximum atomic E-state index is 10.3. The van der Waals surface area contributed by atoms with E-state index in [1.807, 2.05) is 6.08 Å². The van der Waals surface area contributed by atoms with Crippen LogP contribution in [0.15, 0.2) is 37.0 Å². The van der Waals surface area contributed by atoms with E-state index in [1.165, 1.54) is 38.5 Å². The molecule has 0 radical (unpaired) electrons. The Morgan fingerprint density at radius 3 is 1.73 bits per heavy atom. The average Bonchev–Trinajstić information content (AvgIpc) is 2.50. The molecule has 0 aromatic rings. The van der Waals surface area contributed by atoms with E-state index in [1.54, 1.807) is 0 Å². The molecule has 0 aliphatic heterocycles. The van der Waals surface area contributed by atoms with Crippen LogP contribution in [0.1, 0.15) is 83.5 Å². The molecule has 0 heterocycles. The zero-order valence-corrected chi connectivity index (χ0v) is 14.1. The summed E-state index contributed by atoms with van der Waals surface area (Å²) in [5.41, 5.74) is 0. The zero-order chi connectivity index (χ0) is 16.3. The maximum absolute atomic E-state index is 10.3. The summed E-state index contributed by atoms with van der Waals surface area (Å²) in [6, 6.07) is 0. The molecule has 22 heavy (non-hydrogen) atoms. The van der Waals surface area contributed by atoms with Crippen molar-refractivity contribution in [1.29, 1.82) is 0 Å². The topological polar surface area (TPSA) is 37.3 Å². The van der Waals surface area contributed by atoms with Crippen LogP contribution in [0.2, 0.25) is 0 Å². The first-order chi connectivity index (χ1) is 10.8. The van der Waals surface area contributed by atoms with Crippen LogP contribution in [0, 0.1) is 0 Å². The second-order valence-electron chi connectivity index (χ2n) is 5.81. The average molecular weight is 306 g/mol.